The largest absolute Gasteiger partial charge is 0.235 e. The fourth-order valence-corrected chi connectivity index (χ4v) is 2.08. The van der Waals surface area contributed by atoms with Crippen molar-refractivity contribution < 1.29 is 0 Å². The van der Waals surface area contributed by atoms with Gasteiger partial charge in [-0.15, -0.1) is 0 Å². The van der Waals surface area contributed by atoms with E-state index in [0.717, 1.165) is 9.13 Å². The van der Waals surface area contributed by atoms with Gasteiger partial charge in [0.05, 0.1) is 3.57 Å². The topological polar surface area (TPSA) is 25.8 Å². The average molecular weight is 385 g/mol. The summed E-state index contributed by atoms with van der Waals surface area (Å²) >= 11 is 19.8. The second kappa shape index (κ2) is 5.04. The number of nitrogens with zero attached hydrogens (tertiary/aromatic N) is 2. The van der Waals surface area contributed by atoms with Crippen molar-refractivity contribution in [3.05, 3.63) is 43.2 Å². The summed E-state index contributed by atoms with van der Waals surface area (Å²) in [6.45, 7) is 0. The van der Waals surface area contributed by atoms with Gasteiger partial charge in [-0.2, -0.15) is 0 Å². The predicted molar refractivity (Wildman–Crippen MR) is 75.2 cm³/mol. The Hall–Kier alpha value is -0.100. The number of benzene rings is 1. The van der Waals surface area contributed by atoms with E-state index in [1.807, 2.05) is 0 Å². The molecular weight excluding hydrogens is 381 g/mol. The van der Waals surface area contributed by atoms with Crippen molar-refractivity contribution in [2.45, 2.75) is 0 Å². The molecule has 2 nitrogen and oxygen atoms in total. The zero-order chi connectivity index (χ0) is 11.7. The summed E-state index contributed by atoms with van der Waals surface area (Å²) in [5, 5.41) is 1.50. The monoisotopic (exact) mass is 384 g/mol. The Balaban J connectivity index is 2.54. The molecule has 0 fully saturated rings. The van der Waals surface area contributed by atoms with Crippen LogP contribution in [0.4, 0.5) is 0 Å². The van der Waals surface area contributed by atoms with Gasteiger partial charge in [-0.25, -0.2) is 9.97 Å². The minimum Gasteiger partial charge on any atom is -0.235 e. The lowest BCUT2D eigenvalue weighted by Gasteiger charge is -2.03. The highest BCUT2D eigenvalue weighted by Gasteiger charge is 2.07. The van der Waals surface area contributed by atoms with Gasteiger partial charge < -0.3 is 0 Å². The first-order valence-electron chi connectivity index (χ1n) is 4.21. The van der Waals surface area contributed by atoms with E-state index in [9.17, 15) is 0 Å². The summed E-state index contributed by atoms with van der Waals surface area (Å²) in [6.07, 6.45) is 1.65. The van der Waals surface area contributed by atoms with Gasteiger partial charge >= 0.3 is 0 Å². The Morgan fingerprint density at radius 1 is 1.00 bits per heavy atom. The first kappa shape index (κ1) is 12.4. The van der Waals surface area contributed by atoms with Gasteiger partial charge in [0.15, 0.2) is 5.82 Å². The fraction of sp³-hybridized carbons (Fsp3) is 0. The van der Waals surface area contributed by atoms with Crippen LogP contribution in [0.5, 0.6) is 0 Å². The standard InChI is InChI=1S/C10H4Cl3IN2/c11-6-1-5(2-7(12)3-6)10-15-4-8(14)9(13)16-10/h1-4H. The molecule has 0 saturated heterocycles. The maximum absolute atomic E-state index is 5.92. The van der Waals surface area contributed by atoms with Crippen LogP contribution in [0.2, 0.25) is 15.2 Å². The Morgan fingerprint density at radius 2 is 1.62 bits per heavy atom. The van der Waals surface area contributed by atoms with Crippen molar-refractivity contribution in [1.29, 1.82) is 0 Å². The third-order valence-electron chi connectivity index (χ3n) is 1.82. The molecule has 0 aliphatic heterocycles. The van der Waals surface area contributed by atoms with Crippen molar-refractivity contribution in [2.24, 2.45) is 0 Å². The van der Waals surface area contributed by atoms with Gasteiger partial charge in [0.25, 0.3) is 0 Å². The summed E-state index contributed by atoms with van der Waals surface area (Å²) in [4.78, 5) is 8.33. The van der Waals surface area contributed by atoms with Crippen LogP contribution in [0.3, 0.4) is 0 Å². The Morgan fingerprint density at radius 3 is 2.19 bits per heavy atom. The van der Waals surface area contributed by atoms with Crippen LogP contribution in [-0.4, -0.2) is 9.97 Å². The van der Waals surface area contributed by atoms with E-state index < -0.39 is 0 Å². The Bertz CT molecular complexity index is 525. The van der Waals surface area contributed by atoms with Crippen LogP contribution in [-0.2, 0) is 0 Å². The smallest absolute Gasteiger partial charge is 0.161 e. The number of halogens is 4. The average Bonchev–Trinajstić information content (AvgIpc) is 2.20. The molecule has 0 aliphatic rings. The zero-order valence-electron chi connectivity index (χ0n) is 7.72. The van der Waals surface area contributed by atoms with Crippen LogP contribution in [0.25, 0.3) is 11.4 Å². The van der Waals surface area contributed by atoms with Crippen molar-refractivity contribution in [3.63, 3.8) is 0 Å². The molecule has 0 aliphatic carbocycles. The van der Waals surface area contributed by atoms with Gasteiger partial charge in [-0.3, -0.25) is 0 Å². The molecule has 16 heavy (non-hydrogen) atoms. The Labute approximate surface area is 121 Å². The maximum Gasteiger partial charge on any atom is 0.161 e. The molecule has 0 atom stereocenters. The highest BCUT2D eigenvalue weighted by Crippen LogP contribution is 2.26. The summed E-state index contributed by atoms with van der Waals surface area (Å²) in [5.74, 6) is 0.509. The molecule has 0 radical (unpaired) electrons. The van der Waals surface area contributed by atoms with Crippen LogP contribution in [0, 0.1) is 3.57 Å². The van der Waals surface area contributed by atoms with Crippen molar-refractivity contribution in [3.8, 4) is 11.4 Å². The zero-order valence-corrected chi connectivity index (χ0v) is 12.1. The van der Waals surface area contributed by atoms with Gasteiger partial charge in [-0.05, 0) is 40.8 Å². The molecule has 0 amide bonds. The van der Waals surface area contributed by atoms with Crippen LogP contribution >= 0.6 is 57.4 Å². The Kier molecular flexibility index (Phi) is 3.89. The molecule has 0 unspecified atom stereocenters. The van der Waals surface area contributed by atoms with E-state index in [-0.39, 0.29) is 0 Å². The van der Waals surface area contributed by atoms with E-state index in [4.69, 9.17) is 34.8 Å². The quantitative estimate of drug-likeness (QED) is 0.525. The van der Waals surface area contributed by atoms with Gasteiger partial charge in [-0.1, -0.05) is 34.8 Å². The first-order chi connectivity index (χ1) is 7.56. The summed E-state index contributed by atoms with van der Waals surface area (Å²) in [7, 11) is 0. The maximum atomic E-state index is 5.92. The van der Waals surface area contributed by atoms with Crippen molar-refractivity contribution >= 4 is 57.4 Å². The molecule has 6 heteroatoms. The molecular formula is C10H4Cl3IN2. The lowest BCUT2D eigenvalue weighted by Crippen LogP contribution is -1.91. The lowest BCUT2D eigenvalue weighted by atomic mass is 10.2. The number of rotatable bonds is 1. The van der Waals surface area contributed by atoms with E-state index >= 15 is 0 Å². The minimum absolute atomic E-state index is 0.418. The second-order valence-electron chi connectivity index (χ2n) is 2.99. The fourth-order valence-electron chi connectivity index (χ4n) is 1.17. The van der Waals surface area contributed by atoms with Crippen molar-refractivity contribution in [1.82, 2.24) is 9.97 Å². The van der Waals surface area contributed by atoms with E-state index in [2.05, 4.69) is 32.6 Å². The predicted octanol–water partition coefficient (Wildman–Crippen LogP) is 4.71. The molecule has 2 rings (SSSR count). The van der Waals surface area contributed by atoms with Crippen LogP contribution < -0.4 is 0 Å². The molecule has 82 valence electrons. The molecule has 0 saturated carbocycles. The normalized spacial score (nSPS) is 10.5. The molecule has 2 aromatic rings. The van der Waals surface area contributed by atoms with Gasteiger partial charge in [0, 0.05) is 21.8 Å². The SMILES string of the molecule is Clc1cc(Cl)cc(-c2ncc(I)c(Cl)n2)c1. The third-order valence-corrected chi connectivity index (χ3v) is 3.65. The molecule has 0 spiro atoms. The minimum atomic E-state index is 0.418. The van der Waals surface area contributed by atoms with E-state index in [1.54, 1.807) is 24.4 Å². The van der Waals surface area contributed by atoms with E-state index in [0.29, 0.717) is 21.0 Å². The van der Waals surface area contributed by atoms with Crippen molar-refractivity contribution in [2.75, 3.05) is 0 Å². The van der Waals surface area contributed by atoms with Crippen LogP contribution in [0.15, 0.2) is 24.4 Å². The molecule has 0 N–H and O–H groups in total. The second-order valence-corrected chi connectivity index (χ2v) is 5.38. The molecule has 1 aromatic carbocycles. The molecule has 0 bridgehead atoms. The van der Waals surface area contributed by atoms with E-state index in [1.165, 1.54) is 0 Å². The summed E-state index contributed by atoms with van der Waals surface area (Å²) in [6, 6.07) is 5.14. The number of hydrogen-bond donors (Lipinski definition) is 0. The number of hydrogen-bond acceptors (Lipinski definition) is 2. The third kappa shape index (κ3) is 2.77. The number of aromatic nitrogens is 2. The molecule has 1 heterocycles. The highest BCUT2D eigenvalue weighted by molar-refractivity contribution is 14.1. The van der Waals surface area contributed by atoms with Gasteiger partial charge in [0.2, 0.25) is 0 Å². The van der Waals surface area contributed by atoms with Crippen LogP contribution in [0.1, 0.15) is 0 Å². The lowest BCUT2D eigenvalue weighted by molar-refractivity contribution is 1.16. The summed E-state index contributed by atoms with van der Waals surface area (Å²) in [5.41, 5.74) is 0.746. The first-order valence-corrected chi connectivity index (χ1v) is 6.42. The summed E-state index contributed by atoms with van der Waals surface area (Å²) < 4.78 is 0.802. The highest BCUT2D eigenvalue weighted by atomic mass is 127. The molecule has 1 aromatic heterocycles. The van der Waals surface area contributed by atoms with Gasteiger partial charge in [0.1, 0.15) is 5.15 Å².